The predicted octanol–water partition coefficient (Wildman–Crippen LogP) is 4.81. The lowest BCUT2D eigenvalue weighted by Gasteiger charge is -2.26. The van der Waals surface area contributed by atoms with Gasteiger partial charge in [-0.25, -0.2) is 10.4 Å². The van der Waals surface area contributed by atoms with Crippen LogP contribution in [-0.2, 0) is 6.54 Å². The van der Waals surface area contributed by atoms with Gasteiger partial charge in [0.05, 0.1) is 11.6 Å². The Hall–Kier alpha value is -3.23. The van der Waals surface area contributed by atoms with Gasteiger partial charge in [0.1, 0.15) is 0 Å². The van der Waals surface area contributed by atoms with Crippen molar-refractivity contribution in [1.82, 2.24) is 26.2 Å². The Bertz CT molecular complexity index is 1320. The second-order valence-corrected chi connectivity index (χ2v) is 9.45. The summed E-state index contributed by atoms with van der Waals surface area (Å²) in [6.45, 7) is 0.835. The Balaban J connectivity index is 1.26. The van der Waals surface area contributed by atoms with E-state index in [1.165, 1.54) is 18.4 Å². The van der Waals surface area contributed by atoms with Crippen molar-refractivity contribution in [1.29, 1.82) is 0 Å². The monoisotopic (exact) mass is 472 g/mol. The first-order valence-electron chi connectivity index (χ1n) is 11.5. The number of benzene rings is 3. The van der Waals surface area contributed by atoms with Crippen LogP contribution in [0.25, 0.3) is 10.9 Å². The first kappa shape index (κ1) is 21.3. The largest absolute Gasteiger partial charge is 0.305 e. The van der Waals surface area contributed by atoms with E-state index in [1.54, 1.807) is 24.3 Å². The molecule has 2 fully saturated rings. The molecular weight excluding hydrogens is 448 g/mol. The average molecular weight is 473 g/mol. The van der Waals surface area contributed by atoms with Crippen molar-refractivity contribution >= 4 is 34.2 Å². The number of hydrazine groups is 2. The fraction of sp³-hybridized carbons (Fsp3) is 0.231. The highest BCUT2D eigenvalue weighted by atomic mass is 35.5. The molecule has 4 aromatic rings. The molecule has 2 unspecified atom stereocenters. The van der Waals surface area contributed by atoms with Crippen LogP contribution >= 0.6 is 11.6 Å². The van der Waals surface area contributed by atoms with Gasteiger partial charge in [-0.3, -0.25) is 9.89 Å². The first-order valence-corrected chi connectivity index (χ1v) is 11.9. The number of hydrogen-bond acceptors (Lipinski definition) is 5. The number of aromatic nitrogens is 2. The number of carbonyl (C=O) groups is 1. The lowest BCUT2D eigenvalue weighted by atomic mass is 9.95. The summed E-state index contributed by atoms with van der Waals surface area (Å²) in [6, 6.07) is 24.1. The SMILES string of the molecule is O=C(Nc1n[nH]c2ccc(C3NNN(Cc4ccccc4)C3C3CC3)cc12)c1ccc(Cl)cc1. The van der Waals surface area contributed by atoms with Gasteiger partial charge in [0.15, 0.2) is 5.82 Å². The third kappa shape index (κ3) is 4.19. The maximum Gasteiger partial charge on any atom is 0.256 e. The van der Waals surface area contributed by atoms with Gasteiger partial charge in [0.25, 0.3) is 5.91 Å². The molecule has 1 aliphatic carbocycles. The van der Waals surface area contributed by atoms with Gasteiger partial charge in [-0.15, -0.1) is 0 Å². The molecule has 6 rings (SSSR count). The van der Waals surface area contributed by atoms with Gasteiger partial charge in [0.2, 0.25) is 0 Å². The molecule has 2 aliphatic rings. The standard InChI is InChI=1S/C26H25ClN6O/c27-20-11-8-18(9-12-20)26(34)28-25-21-14-19(10-13-22(21)29-31-25)23-24(17-6-7-17)33(32-30-23)15-16-4-2-1-3-5-16/h1-5,8-14,17,23-24,30,32H,6-7,15H2,(H2,28,29,31,34). The number of halogens is 1. The van der Waals surface area contributed by atoms with E-state index in [4.69, 9.17) is 11.6 Å². The van der Waals surface area contributed by atoms with Crippen molar-refractivity contribution in [2.75, 3.05) is 5.32 Å². The van der Waals surface area contributed by atoms with Crippen LogP contribution < -0.4 is 16.3 Å². The van der Waals surface area contributed by atoms with Crippen molar-refractivity contribution in [2.24, 2.45) is 5.92 Å². The fourth-order valence-electron chi connectivity index (χ4n) is 4.76. The second-order valence-electron chi connectivity index (χ2n) is 9.01. The summed E-state index contributed by atoms with van der Waals surface area (Å²) >= 11 is 5.95. The maximum atomic E-state index is 12.7. The molecule has 1 aliphatic heterocycles. The van der Waals surface area contributed by atoms with E-state index in [0.29, 0.717) is 28.4 Å². The number of fused-ring (bicyclic) bond motifs is 1. The van der Waals surface area contributed by atoms with Gasteiger partial charge >= 0.3 is 0 Å². The highest BCUT2D eigenvalue weighted by Crippen LogP contribution is 2.43. The number of hydrogen-bond donors (Lipinski definition) is 4. The first-order chi connectivity index (χ1) is 16.7. The molecule has 1 amide bonds. The third-order valence-electron chi connectivity index (χ3n) is 6.65. The van der Waals surface area contributed by atoms with Gasteiger partial charge in [-0.2, -0.15) is 10.6 Å². The van der Waals surface area contributed by atoms with E-state index in [0.717, 1.165) is 23.0 Å². The minimum absolute atomic E-state index is 0.135. The van der Waals surface area contributed by atoms with E-state index in [2.05, 4.69) is 67.9 Å². The van der Waals surface area contributed by atoms with Crippen molar-refractivity contribution < 1.29 is 4.79 Å². The fourth-order valence-corrected chi connectivity index (χ4v) is 4.89. The van der Waals surface area contributed by atoms with Crippen molar-refractivity contribution in [3.63, 3.8) is 0 Å². The van der Waals surface area contributed by atoms with E-state index in [1.807, 2.05) is 12.1 Å². The molecule has 7 nitrogen and oxygen atoms in total. The number of aromatic amines is 1. The molecule has 34 heavy (non-hydrogen) atoms. The average Bonchev–Trinajstić information content (AvgIpc) is 3.50. The predicted molar refractivity (Wildman–Crippen MR) is 133 cm³/mol. The van der Waals surface area contributed by atoms with Crippen molar-refractivity contribution in [2.45, 2.75) is 31.5 Å². The van der Waals surface area contributed by atoms with Crippen LogP contribution in [0, 0.1) is 5.92 Å². The number of H-pyrrole nitrogens is 1. The molecular formula is C26H25ClN6O. The number of anilines is 1. The Labute approximate surface area is 202 Å². The summed E-state index contributed by atoms with van der Waals surface area (Å²) in [4.78, 5) is 12.7. The summed E-state index contributed by atoms with van der Waals surface area (Å²) in [5, 5.41) is 14.1. The molecule has 4 N–H and O–H groups in total. The van der Waals surface area contributed by atoms with Crippen LogP contribution in [0.4, 0.5) is 5.82 Å². The van der Waals surface area contributed by atoms with E-state index < -0.39 is 0 Å². The topological polar surface area (TPSA) is 85.1 Å². The molecule has 1 aromatic heterocycles. The number of rotatable bonds is 6. The van der Waals surface area contributed by atoms with Crippen LogP contribution in [0.1, 0.15) is 40.4 Å². The quantitative estimate of drug-likeness (QED) is 0.323. The molecule has 8 heteroatoms. The zero-order valence-electron chi connectivity index (χ0n) is 18.5. The van der Waals surface area contributed by atoms with Gasteiger partial charge < -0.3 is 5.32 Å². The molecule has 1 saturated heterocycles. The Kier molecular flexibility index (Phi) is 5.55. The lowest BCUT2D eigenvalue weighted by molar-refractivity contribution is 0.102. The van der Waals surface area contributed by atoms with Crippen molar-refractivity contribution in [3.8, 4) is 0 Å². The van der Waals surface area contributed by atoms with Crippen LogP contribution in [0.5, 0.6) is 0 Å². The van der Waals surface area contributed by atoms with E-state index in [-0.39, 0.29) is 11.9 Å². The normalized spacial score (nSPS) is 20.6. The minimum atomic E-state index is -0.221. The van der Waals surface area contributed by atoms with Gasteiger partial charge in [0, 0.05) is 28.6 Å². The van der Waals surface area contributed by atoms with Gasteiger partial charge in [-0.05, 0) is 66.3 Å². The molecule has 0 spiro atoms. The molecule has 172 valence electrons. The Morgan fingerprint density at radius 3 is 2.62 bits per heavy atom. The molecule has 2 atom stereocenters. The van der Waals surface area contributed by atoms with Crippen LogP contribution in [0.15, 0.2) is 72.8 Å². The highest BCUT2D eigenvalue weighted by molar-refractivity contribution is 6.30. The lowest BCUT2D eigenvalue weighted by Crippen LogP contribution is -2.40. The third-order valence-corrected chi connectivity index (χ3v) is 6.90. The molecule has 2 heterocycles. The molecule has 3 aromatic carbocycles. The Morgan fingerprint density at radius 1 is 1.06 bits per heavy atom. The zero-order valence-corrected chi connectivity index (χ0v) is 19.2. The smallest absolute Gasteiger partial charge is 0.256 e. The number of amides is 1. The summed E-state index contributed by atoms with van der Waals surface area (Å²) in [6.07, 6.45) is 2.48. The minimum Gasteiger partial charge on any atom is -0.305 e. The number of carbonyl (C=O) groups excluding carboxylic acids is 1. The van der Waals surface area contributed by atoms with E-state index >= 15 is 0 Å². The van der Waals surface area contributed by atoms with Crippen molar-refractivity contribution in [3.05, 3.63) is 94.5 Å². The van der Waals surface area contributed by atoms with Gasteiger partial charge in [-0.1, -0.05) is 48.0 Å². The van der Waals surface area contributed by atoms with Crippen LogP contribution in [-0.4, -0.2) is 27.2 Å². The summed E-state index contributed by atoms with van der Waals surface area (Å²) < 4.78 is 0. The second kappa shape index (κ2) is 8.85. The summed E-state index contributed by atoms with van der Waals surface area (Å²) in [5.74, 6) is 0.952. The maximum absolute atomic E-state index is 12.7. The van der Waals surface area contributed by atoms with Crippen LogP contribution in [0.2, 0.25) is 5.02 Å². The molecule has 0 bridgehead atoms. The molecule has 0 radical (unpaired) electrons. The summed E-state index contributed by atoms with van der Waals surface area (Å²) in [7, 11) is 0. The highest BCUT2D eigenvalue weighted by Gasteiger charge is 2.44. The summed E-state index contributed by atoms with van der Waals surface area (Å²) in [5.41, 5.74) is 10.8. The van der Waals surface area contributed by atoms with Crippen LogP contribution in [0.3, 0.4) is 0 Å². The Morgan fingerprint density at radius 2 is 1.85 bits per heavy atom. The molecule has 1 saturated carbocycles. The number of nitrogens with one attached hydrogen (secondary N) is 4. The zero-order chi connectivity index (χ0) is 23.1. The number of nitrogens with zero attached hydrogens (tertiary/aromatic N) is 2. The van der Waals surface area contributed by atoms with E-state index in [9.17, 15) is 4.79 Å².